The summed E-state index contributed by atoms with van der Waals surface area (Å²) >= 11 is 1.73. The lowest BCUT2D eigenvalue weighted by Crippen LogP contribution is -2.34. The molecule has 7 heteroatoms. The molecule has 0 spiro atoms. The van der Waals surface area contributed by atoms with Crippen LogP contribution in [0.15, 0.2) is 6.33 Å². The van der Waals surface area contributed by atoms with Crippen LogP contribution in [0.25, 0.3) is 15.9 Å². The fourth-order valence-electron chi connectivity index (χ4n) is 4.28. The van der Waals surface area contributed by atoms with Gasteiger partial charge in [-0.15, -0.1) is 16.4 Å². The topological polar surface area (TPSA) is 55.6 Å². The Balaban J connectivity index is 1.55. The lowest BCUT2D eigenvalue weighted by atomic mass is 9.94. The van der Waals surface area contributed by atoms with Crippen LogP contribution in [0.3, 0.4) is 0 Å². The van der Waals surface area contributed by atoms with Crippen LogP contribution < -0.4 is 0 Å². The van der Waals surface area contributed by atoms with Crippen molar-refractivity contribution in [3.8, 4) is 0 Å². The van der Waals surface area contributed by atoms with Gasteiger partial charge in [-0.2, -0.15) is 0 Å². The summed E-state index contributed by atoms with van der Waals surface area (Å²) in [6, 6.07) is 0. The minimum atomic E-state index is -0.138. The highest BCUT2D eigenvalue weighted by molar-refractivity contribution is 7.19. The molecule has 138 valence electrons. The van der Waals surface area contributed by atoms with Gasteiger partial charge in [0.15, 0.2) is 11.5 Å². The van der Waals surface area contributed by atoms with Crippen molar-refractivity contribution in [1.29, 1.82) is 0 Å². The van der Waals surface area contributed by atoms with E-state index in [9.17, 15) is 0 Å². The quantitative estimate of drug-likeness (QED) is 0.691. The molecule has 0 saturated carbocycles. The van der Waals surface area contributed by atoms with Gasteiger partial charge in [-0.25, -0.2) is 14.5 Å². The molecule has 3 aromatic heterocycles. The maximum Gasteiger partial charge on any atom is 0.168 e. The molecule has 5 rings (SSSR count). The van der Waals surface area contributed by atoms with Crippen molar-refractivity contribution in [3.63, 3.8) is 0 Å². The molecule has 26 heavy (non-hydrogen) atoms. The van der Waals surface area contributed by atoms with E-state index in [0.29, 0.717) is 6.61 Å². The van der Waals surface area contributed by atoms with Crippen molar-refractivity contribution in [2.45, 2.75) is 58.8 Å². The number of hydrogen-bond acceptors (Lipinski definition) is 6. The fourth-order valence-corrected chi connectivity index (χ4v) is 5.35. The lowest BCUT2D eigenvalue weighted by molar-refractivity contribution is -0.0379. The number of likely N-dealkylation sites (tertiary alicyclic amines) is 1. The van der Waals surface area contributed by atoms with Crippen LogP contribution in [-0.4, -0.2) is 43.2 Å². The van der Waals surface area contributed by atoms with Crippen LogP contribution in [0.2, 0.25) is 0 Å². The molecule has 1 atom stereocenters. The minimum absolute atomic E-state index is 0.138. The van der Waals surface area contributed by atoms with Gasteiger partial charge >= 0.3 is 0 Å². The molecule has 0 amide bonds. The Kier molecular flexibility index (Phi) is 3.81. The molecule has 1 fully saturated rings. The zero-order chi connectivity index (χ0) is 17.9. The first-order chi connectivity index (χ1) is 12.5. The Hall–Kier alpha value is -1.57. The number of hydrogen-bond donors (Lipinski definition) is 0. The zero-order valence-electron chi connectivity index (χ0n) is 15.7. The Morgan fingerprint density at radius 3 is 3.12 bits per heavy atom. The van der Waals surface area contributed by atoms with E-state index in [4.69, 9.17) is 14.8 Å². The lowest BCUT2D eigenvalue weighted by Gasteiger charge is -2.30. The second-order valence-electron chi connectivity index (χ2n) is 8.43. The predicted octanol–water partition coefficient (Wildman–Crippen LogP) is 3.42. The molecular weight excluding hydrogens is 346 g/mol. The van der Waals surface area contributed by atoms with Gasteiger partial charge in [0.1, 0.15) is 11.2 Å². The molecule has 6 nitrogen and oxygen atoms in total. The first-order valence-corrected chi connectivity index (χ1v) is 10.3. The van der Waals surface area contributed by atoms with Crippen LogP contribution in [0.5, 0.6) is 0 Å². The summed E-state index contributed by atoms with van der Waals surface area (Å²) in [6.07, 6.45) is 5.31. The van der Waals surface area contributed by atoms with E-state index in [0.717, 1.165) is 48.3 Å². The zero-order valence-corrected chi connectivity index (χ0v) is 16.5. The van der Waals surface area contributed by atoms with E-state index in [-0.39, 0.29) is 5.60 Å². The Morgan fingerprint density at radius 1 is 1.38 bits per heavy atom. The number of piperidine rings is 1. The Morgan fingerprint density at radius 2 is 2.27 bits per heavy atom. The van der Waals surface area contributed by atoms with Crippen molar-refractivity contribution < 1.29 is 4.74 Å². The molecule has 0 radical (unpaired) electrons. The minimum Gasteiger partial charge on any atom is -0.370 e. The summed E-state index contributed by atoms with van der Waals surface area (Å²) in [6.45, 7) is 10.4. The van der Waals surface area contributed by atoms with Crippen LogP contribution in [0, 0.1) is 5.92 Å². The van der Waals surface area contributed by atoms with E-state index in [1.807, 2.05) is 4.52 Å². The number of ether oxygens (including phenoxy) is 1. The number of nitrogens with zero attached hydrogens (tertiary/aromatic N) is 5. The van der Waals surface area contributed by atoms with Gasteiger partial charge < -0.3 is 4.74 Å². The fraction of sp³-hybridized carbons (Fsp3) is 0.632. The van der Waals surface area contributed by atoms with Gasteiger partial charge in [-0.1, -0.05) is 6.92 Å². The molecule has 3 aromatic rings. The molecule has 0 unspecified atom stereocenters. The van der Waals surface area contributed by atoms with Gasteiger partial charge in [0.2, 0.25) is 0 Å². The Labute approximate surface area is 157 Å². The van der Waals surface area contributed by atoms with Crippen molar-refractivity contribution in [1.82, 2.24) is 24.5 Å². The van der Waals surface area contributed by atoms with Gasteiger partial charge in [0.25, 0.3) is 0 Å². The summed E-state index contributed by atoms with van der Waals surface area (Å²) in [7, 11) is 0. The van der Waals surface area contributed by atoms with Gasteiger partial charge in [0.05, 0.1) is 24.1 Å². The SMILES string of the molecule is C[C@H]1CCCN(Cc2nc3c4c5c(sc4ncn3n2)COC(C)(C)C5)C1. The standard InChI is InChI=1S/C19H25N5OS/c1-12-5-4-6-23(8-12)9-15-21-17-16-13-7-19(2,3)25-10-14(13)26-18(16)20-11-24(17)22-15/h11-12H,4-10H2,1-3H3/t12-/m0/s1. The maximum atomic E-state index is 5.98. The monoisotopic (exact) mass is 371 g/mol. The number of fused-ring (bicyclic) bond motifs is 5. The number of aromatic nitrogens is 4. The van der Waals surface area contributed by atoms with Crippen molar-refractivity contribution in [2.24, 2.45) is 5.92 Å². The van der Waals surface area contributed by atoms with E-state index in [2.05, 4.69) is 30.7 Å². The largest absolute Gasteiger partial charge is 0.370 e. The summed E-state index contributed by atoms with van der Waals surface area (Å²) < 4.78 is 7.84. The van der Waals surface area contributed by atoms with Crippen LogP contribution in [0.1, 0.15) is 49.9 Å². The molecule has 2 aliphatic rings. The summed E-state index contributed by atoms with van der Waals surface area (Å²) in [5.41, 5.74) is 2.16. The molecule has 0 bridgehead atoms. The number of thiophene rings is 1. The molecule has 0 aromatic carbocycles. The predicted molar refractivity (Wildman–Crippen MR) is 102 cm³/mol. The van der Waals surface area contributed by atoms with E-state index < -0.39 is 0 Å². The van der Waals surface area contributed by atoms with Crippen LogP contribution in [-0.2, 0) is 24.3 Å². The molecule has 2 aliphatic heterocycles. The first kappa shape index (κ1) is 16.6. The normalized spacial score (nSPS) is 23.6. The highest BCUT2D eigenvalue weighted by Crippen LogP contribution is 2.39. The third kappa shape index (κ3) is 2.82. The molecule has 0 aliphatic carbocycles. The third-order valence-electron chi connectivity index (χ3n) is 5.56. The van der Waals surface area contributed by atoms with Crippen molar-refractivity contribution in [2.75, 3.05) is 13.1 Å². The molecular formula is C19H25N5OS. The van der Waals surface area contributed by atoms with Crippen molar-refractivity contribution >= 4 is 27.2 Å². The molecule has 5 heterocycles. The Bertz CT molecular complexity index is 975. The maximum absolute atomic E-state index is 5.98. The van der Waals surface area contributed by atoms with Crippen LogP contribution in [0.4, 0.5) is 0 Å². The average molecular weight is 372 g/mol. The highest BCUT2D eigenvalue weighted by atomic mass is 32.1. The average Bonchev–Trinajstić information content (AvgIpc) is 3.13. The third-order valence-corrected chi connectivity index (χ3v) is 6.67. The van der Waals surface area contributed by atoms with Crippen molar-refractivity contribution in [3.05, 3.63) is 22.6 Å². The van der Waals surface area contributed by atoms with Crippen LogP contribution >= 0.6 is 11.3 Å². The summed E-state index contributed by atoms with van der Waals surface area (Å²) in [5, 5.41) is 5.90. The van der Waals surface area contributed by atoms with Gasteiger partial charge in [-0.05, 0) is 44.7 Å². The molecule has 0 N–H and O–H groups in total. The smallest absolute Gasteiger partial charge is 0.168 e. The first-order valence-electron chi connectivity index (χ1n) is 9.49. The van der Waals surface area contributed by atoms with Gasteiger partial charge in [-0.3, -0.25) is 4.90 Å². The summed E-state index contributed by atoms with van der Waals surface area (Å²) in [5.74, 6) is 1.67. The second kappa shape index (κ2) is 5.97. The van der Waals surface area contributed by atoms with E-state index in [1.165, 1.54) is 28.7 Å². The van der Waals surface area contributed by atoms with E-state index in [1.54, 1.807) is 17.7 Å². The second-order valence-corrected chi connectivity index (χ2v) is 9.52. The summed E-state index contributed by atoms with van der Waals surface area (Å²) in [4.78, 5) is 14.4. The van der Waals surface area contributed by atoms with E-state index >= 15 is 0 Å². The van der Waals surface area contributed by atoms with Gasteiger partial charge in [0, 0.05) is 17.8 Å². The number of rotatable bonds is 2. The highest BCUT2D eigenvalue weighted by Gasteiger charge is 2.31. The molecule has 1 saturated heterocycles.